The van der Waals surface area contributed by atoms with E-state index < -0.39 is 0 Å². The molecule has 0 saturated carbocycles. The Morgan fingerprint density at radius 3 is 2.15 bits per heavy atom. The van der Waals surface area contributed by atoms with Crippen molar-refractivity contribution in [1.29, 1.82) is 0 Å². The minimum Gasteiger partial charge on any atom is -0.308 e. The van der Waals surface area contributed by atoms with Crippen LogP contribution in [0.3, 0.4) is 0 Å². The van der Waals surface area contributed by atoms with Gasteiger partial charge in [0.1, 0.15) is 0 Å². The Morgan fingerprint density at radius 1 is 0.950 bits per heavy atom. The Labute approximate surface area is 126 Å². The second-order valence-corrected chi connectivity index (χ2v) is 5.59. The Hall–Kier alpha value is -1.35. The summed E-state index contributed by atoms with van der Waals surface area (Å²) < 4.78 is 0. The molecule has 106 valence electrons. The molecule has 0 bridgehead atoms. The molecule has 2 rings (SSSR count). The molecule has 2 nitrogen and oxygen atoms in total. The Morgan fingerprint density at radius 2 is 1.55 bits per heavy atom. The first kappa shape index (κ1) is 15.0. The Kier molecular flexibility index (Phi) is 5.60. The topological polar surface area (TPSA) is 15.3 Å². The lowest BCUT2D eigenvalue weighted by Crippen LogP contribution is -2.30. The van der Waals surface area contributed by atoms with Crippen LogP contribution in [0.2, 0.25) is 5.02 Å². The molecule has 20 heavy (non-hydrogen) atoms. The fourth-order valence-corrected chi connectivity index (χ4v) is 2.29. The standard InChI is InChI=1S/C17H21ClN2/c1-20(2)13-12-19-17(14-6-4-3-5-7-14)15-8-10-16(18)11-9-15/h3-11,17,19H,12-13H2,1-2H3. The summed E-state index contributed by atoms with van der Waals surface area (Å²) in [7, 11) is 4.17. The molecule has 1 N–H and O–H groups in total. The Bertz CT molecular complexity index is 508. The third kappa shape index (κ3) is 4.34. The molecule has 2 aromatic carbocycles. The highest BCUT2D eigenvalue weighted by Crippen LogP contribution is 2.23. The van der Waals surface area contributed by atoms with E-state index in [2.05, 4.69) is 60.7 Å². The summed E-state index contributed by atoms with van der Waals surface area (Å²) in [6.45, 7) is 1.95. The smallest absolute Gasteiger partial charge is 0.0577 e. The molecule has 0 amide bonds. The van der Waals surface area contributed by atoms with E-state index in [9.17, 15) is 0 Å². The van der Waals surface area contributed by atoms with E-state index in [0.717, 1.165) is 18.1 Å². The Balaban J connectivity index is 2.18. The van der Waals surface area contributed by atoms with E-state index in [-0.39, 0.29) is 6.04 Å². The van der Waals surface area contributed by atoms with Crippen LogP contribution in [0.5, 0.6) is 0 Å². The number of nitrogens with zero attached hydrogens (tertiary/aromatic N) is 1. The van der Waals surface area contributed by atoms with E-state index >= 15 is 0 Å². The van der Waals surface area contributed by atoms with E-state index in [4.69, 9.17) is 11.6 Å². The van der Waals surface area contributed by atoms with Crippen LogP contribution in [0.15, 0.2) is 54.6 Å². The van der Waals surface area contributed by atoms with Crippen LogP contribution in [-0.4, -0.2) is 32.1 Å². The molecule has 0 radical (unpaired) electrons. The summed E-state index contributed by atoms with van der Waals surface area (Å²) >= 11 is 5.98. The zero-order chi connectivity index (χ0) is 14.4. The van der Waals surface area contributed by atoms with Crippen LogP contribution < -0.4 is 5.32 Å². The molecule has 0 aromatic heterocycles. The van der Waals surface area contributed by atoms with Crippen molar-refractivity contribution in [3.63, 3.8) is 0 Å². The summed E-state index contributed by atoms with van der Waals surface area (Å²) in [5, 5.41) is 4.39. The maximum absolute atomic E-state index is 5.98. The molecule has 0 spiro atoms. The number of halogens is 1. The number of hydrogen-bond acceptors (Lipinski definition) is 2. The maximum atomic E-state index is 5.98. The molecule has 1 unspecified atom stereocenters. The third-order valence-electron chi connectivity index (χ3n) is 3.24. The molecule has 0 aliphatic carbocycles. The lowest BCUT2D eigenvalue weighted by atomic mass is 9.99. The molecule has 0 heterocycles. The van der Waals surface area contributed by atoms with Gasteiger partial charge in [-0.05, 0) is 37.4 Å². The fourth-order valence-electron chi connectivity index (χ4n) is 2.16. The first-order valence-corrected chi connectivity index (χ1v) is 7.23. The van der Waals surface area contributed by atoms with Gasteiger partial charge < -0.3 is 10.2 Å². The van der Waals surface area contributed by atoms with Gasteiger partial charge in [0.2, 0.25) is 0 Å². The minimum absolute atomic E-state index is 0.202. The average Bonchev–Trinajstić information content (AvgIpc) is 2.46. The van der Waals surface area contributed by atoms with Crippen LogP contribution in [0.1, 0.15) is 17.2 Å². The normalized spacial score (nSPS) is 12.6. The molecule has 1 atom stereocenters. The van der Waals surface area contributed by atoms with Crippen molar-refractivity contribution in [1.82, 2.24) is 10.2 Å². The summed E-state index contributed by atoms with van der Waals surface area (Å²) in [6.07, 6.45) is 0. The lowest BCUT2D eigenvalue weighted by Gasteiger charge is -2.21. The molecule has 3 heteroatoms. The zero-order valence-corrected chi connectivity index (χ0v) is 12.8. The van der Waals surface area contributed by atoms with Gasteiger partial charge in [-0.2, -0.15) is 0 Å². The largest absolute Gasteiger partial charge is 0.308 e. The molecular formula is C17H21ClN2. The van der Waals surface area contributed by atoms with Gasteiger partial charge in [-0.3, -0.25) is 0 Å². The van der Waals surface area contributed by atoms with E-state index in [0.29, 0.717) is 0 Å². The van der Waals surface area contributed by atoms with Crippen molar-refractivity contribution in [2.75, 3.05) is 27.2 Å². The van der Waals surface area contributed by atoms with Crippen LogP contribution >= 0.6 is 11.6 Å². The maximum Gasteiger partial charge on any atom is 0.0577 e. The van der Waals surface area contributed by atoms with Crippen molar-refractivity contribution >= 4 is 11.6 Å². The van der Waals surface area contributed by atoms with Gasteiger partial charge in [-0.15, -0.1) is 0 Å². The van der Waals surface area contributed by atoms with Crippen LogP contribution in [0.25, 0.3) is 0 Å². The average molecular weight is 289 g/mol. The summed E-state index contributed by atoms with van der Waals surface area (Å²) in [5.41, 5.74) is 2.51. The molecule has 0 aliphatic heterocycles. The molecule has 0 aliphatic rings. The van der Waals surface area contributed by atoms with E-state index in [1.54, 1.807) is 0 Å². The van der Waals surface area contributed by atoms with Gasteiger partial charge in [0.25, 0.3) is 0 Å². The summed E-state index contributed by atoms with van der Waals surface area (Å²) in [6, 6.07) is 18.8. The molecule has 2 aromatic rings. The SMILES string of the molecule is CN(C)CCNC(c1ccccc1)c1ccc(Cl)cc1. The van der Waals surface area contributed by atoms with Gasteiger partial charge in [0.15, 0.2) is 0 Å². The second-order valence-electron chi connectivity index (χ2n) is 5.15. The summed E-state index contributed by atoms with van der Waals surface area (Å²) in [4.78, 5) is 2.18. The molecular weight excluding hydrogens is 268 g/mol. The first-order chi connectivity index (χ1) is 9.66. The molecule has 0 fully saturated rings. The minimum atomic E-state index is 0.202. The highest BCUT2D eigenvalue weighted by molar-refractivity contribution is 6.30. The van der Waals surface area contributed by atoms with E-state index in [1.807, 2.05) is 18.2 Å². The van der Waals surface area contributed by atoms with Crippen molar-refractivity contribution in [2.24, 2.45) is 0 Å². The number of nitrogens with one attached hydrogen (secondary N) is 1. The monoisotopic (exact) mass is 288 g/mol. The lowest BCUT2D eigenvalue weighted by molar-refractivity contribution is 0.392. The fraction of sp³-hybridized carbons (Fsp3) is 0.294. The van der Waals surface area contributed by atoms with Crippen LogP contribution in [0.4, 0.5) is 0 Å². The highest BCUT2D eigenvalue weighted by atomic mass is 35.5. The predicted molar refractivity (Wildman–Crippen MR) is 86.3 cm³/mol. The molecule has 0 saturated heterocycles. The van der Waals surface area contributed by atoms with Crippen molar-refractivity contribution in [3.8, 4) is 0 Å². The number of benzene rings is 2. The van der Waals surface area contributed by atoms with Gasteiger partial charge in [-0.1, -0.05) is 54.1 Å². The number of hydrogen-bond donors (Lipinski definition) is 1. The number of rotatable bonds is 6. The van der Waals surface area contributed by atoms with Gasteiger partial charge >= 0.3 is 0 Å². The van der Waals surface area contributed by atoms with Crippen LogP contribution in [0, 0.1) is 0 Å². The quantitative estimate of drug-likeness (QED) is 0.874. The predicted octanol–water partition coefficient (Wildman–Crippen LogP) is 3.58. The highest BCUT2D eigenvalue weighted by Gasteiger charge is 2.12. The summed E-state index contributed by atoms with van der Waals surface area (Å²) in [5.74, 6) is 0. The third-order valence-corrected chi connectivity index (χ3v) is 3.50. The zero-order valence-electron chi connectivity index (χ0n) is 12.0. The van der Waals surface area contributed by atoms with Gasteiger partial charge in [-0.25, -0.2) is 0 Å². The van der Waals surface area contributed by atoms with E-state index in [1.165, 1.54) is 11.1 Å². The van der Waals surface area contributed by atoms with Gasteiger partial charge in [0, 0.05) is 18.1 Å². The van der Waals surface area contributed by atoms with Crippen molar-refractivity contribution < 1.29 is 0 Å². The van der Waals surface area contributed by atoms with Gasteiger partial charge in [0.05, 0.1) is 6.04 Å². The number of likely N-dealkylation sites (N-methyl/N-ethyl adjacent to an activating group) is 1. The van der Waals surface area contributed by atoms with Crippen molar-refractivity contribution in [3.05, 3.63) is 70.7 Å². The van der Waals surface area contributed by atoms with Crippen LogP contribution in [-0.2, 0) is 0 Å². The first-order valence-electron chi connectivity index (χ1n) is 6.85. The second kappa shape index (κ2) is 7.44. The van der Waals surface area contributed by atoms with Crippen molar-refractivity contribution in [2.45, 2.75) is 6.04 Å².